The van der Waals surface area contributed by atoms with Gasteiger partial charge in [0.1, 0.15) is 5.78 Å². The van der Waals surface area contributed by atoms with Crippen LogP contribution in [0.15, 0.2) is 29.4 Å². The van der Waals surface area contributed by atoms with Crippen LogP contribution < -0.4 is 10.7 Å². The van der Waals surface area contributed by atoms with Gasteiger partial charge in [-0.05, 0) is 24.6 Å². The second kappa shape index (κ2) is 7.66. The Morgan fingerprint density at radius 1 is 1.29 bits per heavy atom. The first-order valence-corrected chi connectivity index (χ1v) is 8.48. The summed E-state index contributed by atoms with van der Waals surface area (Å²) in [5.74, 6) is 0.0485. The summed E-state index contributed by atoms with van der Waals surface area (Å²) >= 11 is 5.41. The Morgan fingerprint density at radius 3 is 2.46 bits per heavy atom. The third-order valence-electron chi connectivity index (χ3n) is 4.51. The fourth-order valence-corrected chi connectivity index (χ4v) is 2.88. The molecule has 0 bridgehead atoms. The molecule has 2 N–H and O–H groups in total. The van der Waals surface area contributed by atoms with E-state index in [0.29, 0.717) is 11.4 Å². The van der Waals surface area contributed by atoms with Crippen LogP contribution in [0.25, 0.3) is 0 Å². The van der Waals surface area contributed by atoms with Crippen molar-refractivity contribution in [1.82, 2.24) is 5.43 Å². The van der Waals surface area contributed by atoms with Crippen molar-refractivity contribution in [3.63, 3.8) is 0 Å². The van der Waals surface area contributed by atoms with E-state index in [-0.39, 0.29) is 29.4 Å². The number of anilines is 1. The van der Waals surface area contributed by atoms with Crippen molar-refractivity contribution in [2.45, 2.75) is 34.1 Å². The number of rotatable bonds is 5. The summed E-state index contributed by atoms with van der Waals surface area (Å²) in [6.07, 6.45) is 0.448. The molecular weight excluding hydrogens is 322 g/mol. The molecule has 5 nitrogen and oxygen atoms in total. The monoisotopic (exact) mass is 345 g/mol. The molecule has 1 heterocycles. The van der Waals surface area contributed by atoms with Crippen LogP contribution in [0.4, 0.5) is 5.69 Å². The zero-order valence-corrected chi connectivity index (χ0v) is 15.2. The second-order valence-electron chi connectivity index (χ2n) is 6.39. The number of ketones is 1. The van der Waals surface area contributed by atoms with Gasteiger partial charge in [-0.25, -0.2) is 5.43 Å². The number of hydrogen-bond donors (Lipinski definition) is 2. The molecular formula is C18H23N3O2S. The summed E-state index contributed by atoms with van der Waals surface area (Å²) < 4.78 is 0. The average molecular weight is 345 g/mol. The minimum atomic E-state index is -0.106. The normalized spacial score (nSPS) is 19.8. The number of Topliss-reactive ketones (excluding diaryl/α,β-unsaturated/α-hetero) is 1. The van der Waals surface area contributed by atoms with Crippen LogP contribution >= 0.6 is 12.2 Å². The number of carbonyl (C=O) groups excluding carboxylic acids is 2. The summed E-state index contributed by atoms with van der Waals surface area (Å²) in [7, 11) is 0. The van der Waals surface area contributed by atoms with Crippen LogP contribution in [-0.2, 0) is 9.59 Å². The summed E-state index contributed by atoms with van der Waals surface area (Å²) in [5, 5.41) is 7.35. The first-order chi connectivity index (χ1) is 11.3. The van der Waals surface area contributed by atoms with Crippen molar-refractivity contribution < 1.29 is 9.59 Å². The van der Waals surface area contributed by atoms with Gasteiger partial charge in [-0.2, -0.15) is 5.10 Å². The summed E-state index contributed by atoms with van der Waals surface area (Å²) in [6, 6.07) is 7.77. The largest absolute Gasteiger partial charge is 0.350 e. The van der Waals surface area contributed by atoms with E-state index in [4.69, 9.17) is 12.2 Å². The smallest absolute Gasteiger partial charge is 0.240 e. The van der Waals surface area contributed by atoms with Crippen molar-refractivity contribution >= 4 is 40.3 Å². The molecule has 0 aliphatic carbocycles. The lowest BCUT2D eigenvalue weighted by atomic mass is 9.92. The number of nitrogens with zero attached hydrogens (tertiary/aromatic N) is 1. The van der Waals surface area contributed by atoms with Crippen molar-refractivity contribution in [3.8, 4) is 0 Å². The van der Waals surface area contributed by atoms with Gasteiger partial charge in [0.05, 0.1) is 10.7 Å². The van der Waals surface area contributed by atoms with Crippen LogP contribution in [0.5, 0.6) is 0 Å². The number of carbonyl (C=O) groups is 2. The Balaban J connectivity index is 2.06. The Bertz CT molecular complexity index is 682. The first kappa shape index (κ1) is 18.3. The lowest BCUT2D eigenvalue weighted by molar-refractivity contribution is -0.122. The van der Waals surface area contributed by atoms with Crippen molar-refractivity contribution in [2.24, 2.45) is 22.9 Å². The molecule has 0 aromatic heterocycles. The molecule has 128 valence electrons. The van der Waals surface area contributed by atoms with E-state index in [0.717, 1.165) is 17.0 Å². The Kier molecular flexibility index (Phi) is 5.83. The third kappa shape index (κ3) is 4.26. The summed E-state index contributed by atoms with van der Waals surface area (Å²) in [6.45, 7) is 7.42. The van der Waals surface area contributed by atoms with Gasteiger partial charge in [0.15, 0.2) is 0 Å². The number of thiocarbonyl (C=S) groups is 1. The average Bonchev–Trinajstić information content (AvgIpc) is 2.54. The maximum absolute atomic E-state index is 11.5. The molecule has 6 heteroatoms. The van der Waals surface area contributed by atoms with Gasteiger partial charge in [-0.1, -0.05) is 45.1 Å². The Labute approximate surface area is 147 Å². The van der Waals surface area contributed by atoms with E-state index in [1.165, 1.54) is 0 Å². The van der Waals surface area contributed by atoms with E-state index in [1.807, 2.05) is 45.0 Å². The highest BCUT2D eigenvalue weighted by Crippen LogP contribution is 2.20. The van der Waals surface area contributed by atoms with Gasteiger partial charge in [0.2, 0.25) is 5.91 Å². The Hall–Kier alpha value is -2.08. The fourth-order valence-electron chi connectivity index (χ4n) is 2.56. The molecule has 2 rings (SSSR count). The van der Waals surface area contributed by atoms with Gasteiger partial charge < -0.3 is 5.32 Å². The first-order valence-electron chi connectivity index (χ1n) is 8.07. The lowest BCUT2D eigenvalue weighted by Gasteiger charge is -2.21. The maximum atomic E-state index is 11.5. The van der Waals surface area contributed by atoms with Crippen LogP contribution in [0.2, 0.25) is 0 Å². The molecule has 3 unspecified atom stereocenters. The van der Waals surface area contributed by atoms with E-state index in [1.54, 1.807) is 6.92 Å². The van der Waals surface area contributed by atoms with Crippen LogP contribution in [-0.4, -0.2) is 22.4 Å². The predicted molar refractivity (Wildman–Crippen MR) is 100 cm³/mol. The van der Waals surface area contributed by atoms with Crippen LogP contribution in [0, 0.1) is 17.8 Å². The molecule has 0 radical (unpaired) electrons. The SMILES string of the molecule is CC(=O)C(C)C(C)C(=S)Nc1ccc(C2=NNC(=O)CC2C)cc1. The van der Waals surface area contributed by atoms with Crippen molar-refractivity contribution in [3.05, 3.63) is 29.8 Å². The maximum Gasteiger partial charge on any atom is 0.240 e. The molecule has 3 atom stereocenters. The van der Waals surface area contributed by atoms with Gasteiger partial charge in [0, 0.05) is 29.9 Å². The molecule has 0 spiro atoms. The summed E-state index contributed by atoms with van der Waals surface area (Å²) in [5.41, 5.74) is 5.25. The quantitative estimate of drug-likeness (QED) is 0.804. The molecule has 1 aromatic rings. The molecule has 0 saturated heterocycles. The fraction of sp³-hybridized carbons (Fsp3) is 0.444. The van der Waals surface area contributed by atoms with Crippen molar-refractivity contribution in [1.29, 1.82) is 0 Å². The number of benzene rings is 1. The molecule has 0 fully saturated rings. The number of amides is 1. The minimum Gasteiger partial charge on any atom is -0.350 e. The molecule has 1 aliphatic heterocycles. The number of hydrazone groups is 1. The third-order valence-corrected chi connectivity index (χ3v) is 4.99. The van der Waals surface area contributed by atoms with Gasteiger partial charge in [-0.3, -0.25) is 9.59 Å². The Morgan fingerprint density at radius 2 is 1.92 bits per heavy atom. The van der Waals surface area contributed by atoms with E-state index in [2.05, 4.69) is 15.8 Å². The topological polar surface area (TPSA) is 70.6 Å². The van der Waals surface area contributed by atoms with Gasteiger partial charge >= 0.3 is 0 Å². The molecule has 0 saturated carbocycles. The zero-order valence-electron chi connectivity index (χ0n) is 14.4. The highest BCUT2D eigenvalue weighted by Gasteiger charge is 2.22. The van der Waals surface area contributed by atoms with E-state index >= 15 is 0 Å². The van der Waals surface area contributed by atoms with Gasteiger partial charge in [-0.15, -0.1) is 0 Å². The molecule has 24 heavy (non-hydrogen) atoms. The molecule has 1 amide bonds. The van der Waals surface area contributed by atoms with Crippen LogP contribution in [0.3, 0.4) is 0 Å². The second-order valence-corrected chi connectivity index (χ2v) is 6.83. The lowest BCUT2D eigenvalue weighted by Crippen LogP contribution is -2.32. The highest BCUT2D eigenvalue weighted by atomic mass is 32.1. The zero-order chi connectivity index (χ0) is 17.9. The molecule has 1 aromatic carbocycles. The molecule has 1 aliphatic rings. The summed E-state index contributed by atoms with van der Waals surface area (Å²) in [4.78, 5) is 23.5. The highest BCUT2D eigenvalue weighted by molar-refractivity contribution is 7.80. The van der Waals surface area contributed by atoms with E-state index < -0.39 is 0 Å². The standard InChI is InChI=1S/C18H23N3O2S/c1-10-9-16(23)20-21-17(10)14-5-7-15(8-6-14)19-18(24)12(3)11(2)13(4)22/h5-8,10-12H,9H2,1-4H3,(H,19,24)(H,20,23). The number of nitrogens with one attached hydrogen (secondary N) is 2. The predicted octanol–water partition coefficient (Wildman–Crippen LogP) is 3.15. The van der Waals surface area contributed by atoms with Crippen molar-refractivity contribution in [2.75, 3.05) is 5.32 Å². The minimum absolute atomic E-state index is 0.0184. The van der Waals surface area contributed by atoms with E-state index in [9.17, 15) is 9.59 Å². The number of hydrogen-bond acceptors (Lipinski definition) is 4. The van der Waals surface area contributed by atoms with Crippen LogP contribution in [0.1, 0.15) is 39.7 Å². The van der Waals surface area contributed by atoms with Gasteiger partial charge in [0.25, 0.3) is 0 Å².